The van der Waals surface area contributed by atoms with Crippen molar-refractivity contribution in [2.75, 3.05) is 50.0 Å². The largest absolute Gasteiger partial charge is 0.379 e. The second kappa shape index (κ2) is 13.4. The van der Waals surface area contributed by atoms with Crippen molar-refractivity contribution in [3.63, 3.8) is 0 Å². The third kappa shape index (κ3) is 8.17. The highest BCUT2D eigenvalue weighted by Gasteiger charge is 2.14. The first-order chi connectivity index (χ1) is 16.6. The molecule has 2 aromatic heterocycles. The number of hydrogen-bond donors (Lipinski definition) is 2. The van der Waals surface area contributed by atoms with E-state index in [1.807, 2.05) is 32.0 Å². The molecule has 0 atom stereocenters. The number of rotatable bonds is 9. The molecular formula is C25H31ClN6O2S. The van der Waals surface area contributed by atoms with E-state index in [9.17, 15) is 4.79 Å². The molecule has 1 aliphatic rings. The number of amides is 1. The van der Waals surface area contributed by atoms with E-state index in [-0.39, 0.29) is 18.3 Å². The molecule has 1 aliphatic heterocycles. The summed E-state index contributed by atoms with van der Waals surface area (Å²) in [5.41, 5.74) is 4.42. The quantitative estimate of drug-likeness (QED) is 0.410. The van der Waals surface area contributed by atoms with E-state index in [0.717, 1.165) is 61.9 Å². The van der Waals surface area contributed by atoms with Crippen molar-refractivity contribution >= 4 is 41.7 Å². The summed E-state index contributed by atoms with van der Waals surface area (Å²) < 4.78 is 5.39. The summed E-state index contributed by atoms with van der Waals surface area (Å²) in [6, 6.07) is 11.5. The van der Waals surface area contributed by atoms with Crippen molar-refractivity contribution in [1.29, 1.82) is 0 Å². The maximum absolute atomic E-state index is 13.0. The summed E-state index contributed by atoms with van der Waals surface area (Å²) >= 11 is 1.49. The number of morpholine rings is 1. The number of thioether (sulfide) groups is 1. The molecule has 4 rings (SSSR count). The van der Waals surface area contributed by atoms with Gasteiger partial charge in [0.1, 0.15) is 5.03 Å². The number of anilines is 2. The number of nitrogens with zero attached hydrogens (tertiary/aromatic N) is 4. The van der Waals surface area contributed by atoms with Crippen LogP contribution in [0.2, 0.25) is 0 Å². The molecule has 0 unspecified atom stereocenters. The maximum atomic E-state index is 13.0. The Morgan fingerprint density at radius 2 is 1.86 bits per heavy atom. The summed E-state index contributed by atoms with van der Waals surface area (Å²) in [5, 5.41) is 6.97. The Morgan fingerprint density at radius 3 is 2.63 bits per heavy atom. The molecule has 35 heavy (non-hydrogen) atoms. The van der Waals surface area contributed by atoms with Crippen LogP contribution in [-0.2, 0) is 10.5 Å². The lowest BCUT2D eigenvalue weighted by Gasteiger charge is -2.26. The highest BCUT2D eigenvalue weighted by molar-refractivity contribution is 7.98. The molecule has 0 aliphatic carbocycles. The highest BCUT2D eigenvalue weighted by atomic mass is 35.5. The van der Waals surface area contributed by atoms with Gasteiger partial charge in [0, 0.05) is 50.0 Å². The van der Waals surface area contributed by atoms with Crippen LogP contribution in [0.3, 0.4) is 0 Å². The van der Waals surface area contributed by atoms with Gasteiger partial charge < -0.3 is 15.4 Å². The van der Waals surface area contributed by atoms with Crippen LogP contribution in [0.5, 0.6) is 0 Å². The Kier molecular flexibility index (Phi) is 10.3. The minimum absolute atomic E-state index is 0. The van der Waals surface area contributed by atoms with Gasteiger partial charge in [-0.1, -0.05) is 17.8 Å². The van der Waals surface area contributed by atoms with Gasteiger partial charge in [-0.2, -0.15) is 0 Å². The van der Waals surface area contributed by atoms with Crippen molar-refractivity contribution in [2.45, 2.75) is 24.6 Å². The zero-order chi connectivity index (χ0) is 23.8. The fourth-order valence-electron chi connectivity index (χ4n) is 3.78. The minimum Gasteiger partial charge on any atom is -0.379 e. The molecule has 0 bridgehead atoms. The van der Waals surface area contributed by atoms with Crippen molar-refractivity contribution in [3.8, 4) is 0 Å². The first kappa shape index (κ1) is 26.9. The third-order valence-electron chi connectivity index (χ3n) is 5.38. The number of hydrogen-bond acceptors (Lipinski definition) is 8. The van der Waals surface area contributed by atoms with Crippen molar-refractivity contribution in [1.82, 2.24) is 19.9 Å². The van der Waals surface area contributed by atoms with Crippen molar-refractivity contribution < 1.29 is 9.53 Å². The van der Waals surface area contributed by atoms with E-state index in [1.165, 1.54) is 11.8 Å². The smallest absolute Gasteiger partial charge is 0.258 e. The molecule has 2 N–H and O–H groups in total. The highest BCUT2D eigenvalue weighted by Crippen LogP contribution is 2.25. The van der Waals surface area contributed by atoms with Crippen LogP contribution in [0.25, 0.3) is 0 Å². The second-order valence-corrected chi connectivity index (χ2v) is 9.19. The first-order valence-corrected chi connectivity index (χ1v) is 12.4. The van der Waals surface area contributed by atoms with Crippen LogP contribution in [0.4, 0.5) is 11.6 Å². The molecule has 186 valence electrons. The predicted molar refractivity (Wildman–Crippen MR) is 143 cm³/mol. The average Bonchev–Trinajstić information content (AvgIpc) is 2.83. The number of halogens is 1. The molecule has 3 aromatic rings. The molecular weight excluding hydrogens is 484 g/mol. The number of aryl methyl sites for hydroxylation is 2. The number of carbonyl (C=O) groups is 1. The molecule has 1 fully saturated rings. The molecule has 0 saturated carbocycles. The van der Waals surface area contributed by atoms with Crippen LogP contribution < -0.4 is 10.6 Å². The zero-order valence-corrected chi connectivity index (χ0v) is 21.6. The lowest BCUT2D eigenvalue weighted by molar-refractivity contribution is 0.0398. The van der Waals surface area contributed by atoms with Gasteiger partial charge in [-0.05, 0) is 55.3 Å². The van der Waals surface area contributed by atoms with Gasteiger partial charge in [-0.3, -0.25) is 9.69 Å². The Morgan fingerprint density at radius 1 is 1.09 bits per heavy atom. The van der Waals surface area contributed by atoms with Gasteiger partial charge in [0.2, 0.25) is 5.95 Å². The number of benzene rings is 1. The Labute approximate surface area is 216 Å². The number of nitrogens with one attached hydrogen (secondary N) is 2. The number of pyridine rings is 1. The van der Waals surface area contributed by atoms with E-state index in [1.54, 1.807) is 24.5 Å². The van der Waals surface area contributed by atoms with Crippen molar-refractivity contribution in [2.24, 2.45) is 0 Å². The van der Waals surface area contributed by atoms with E-state index in [4.69, 9.17) is 4.74 Å². The van der Waals surface area contributed by atoms with Crippen LogP contribution >= 0.6 is 24.2 Å². The number of ether oxygens (including phenoxy) is 1. The van der Waals surface area contributed by atoms with Crippen LogP contribution in [0.1, 0.15) is 27.2 Å². The summed E-state index contributed by atoms with van der Waals surface area (Å²) in [6.45, 7) is 9.25. The SMILES string of the molecule is Cc1cc(C)cc(NC(=O)c2cccnc2SCc2ccnc(NCCN3CCOCC3)n2)c1.Cl. The summed E-state index contributed by atoms with van der Waals surface area (Å²) in [4.78, 5) is 28.7. The van der Waals surface area contributed by atoms with E-state index >= 15 is 0 Å². The molecule has 3 heterocycles. The fraction of sp³-hybridized carbons (Fsp3) is 0.360. The minimum atomic E-state index is -0.172. The Balaban J connectivity index is 0.00000342. The lowest BCUT2D eigenvalue weighted by atomic mass is 10.1. The van der Waals surface area contributed by atoms with Gasteiger partial charge in [0.25, 0.3) is 5.91 Å². The van der Waals surface area contributed by atoms with Gasteiger partial charge in [0.15, 0.2) is 0 Å². The summed E-state index contributed by atoms with van der Waals surface area (Å²) in [5.74, 6) is 1.02. The number of carbonyl (C=O) groups excluding carboxylic acids is 1. The third-order valence-corrected chi connectivity index (χ3v) is 6.42. The molecule has 1 saturated heterocycles. The lowest BCUT2D eigenvalue weighted by Crippen LogP contribution is -2.39. The molecule has 0 radical (unpaired) electrons. The fourth-order valence-corrected chi connectivity index (χ4v) is 4.68. The van der Waals surface area contributed by atoms with E-state index in [0.29, 0.717) is 22.3 Å². The average molecular weight is 515 g/mol. The van der Waals surface area contributed by atoms with E-state index in [2.05, 4.69) is 36.6 Å². The van der Waals surface area contributed by atoms with E-state index < -0.39 is 0 Å². The van der Waals surface area contributed by atoms with Crippen LogP contribution in [0.15, 0.2) is 53.8 Å². The topological polar surface area (TPSA) is 92.3 Å². The van der Waals surface area contributed by atoms with Crippen LogP contribution in [0, 0.1) is 13.8 Å². The summed E-state index contributed by atoms with van der Waals surface area (Å²) in [7, 11) is 0. The predicted octanol–water partition coefficient (Wildman–Crippen LogP) is 4.20. The molecule has 8 nitrogen and oxygen atoms in total. The van der Waals surface area contributed by atoms with Gasteiger partial charge >= 0.3 is 0 Å². The van der Waals surface area contributed by atoms with Gasteiger partial charge in [-0.15, -0.1) is 12.4 Å². The normalized spacial score (nSPS) is 13.7. The van der Waals surface area contributed by atoms with Crippen LogP contribution in [-0.4, -0.2) is 65.2 Å². The monoisotopic (exact) mass is 514 g/mol. The Hall–Kier alpha value is -2.72. The molecule has 0 spiro atoms. The first-order valence-electron chi connectivity index (χ1n) is 11.4. The molecule has 1 amide bonds. The second-order valence-electron chi connectivity index (χ2n) is 8.23. The summed E-state index contributed by atoms with van der Waals surface area (Å²) in [6.07, 6.45) is 3.46. The molecule has 10 heteroatoms. The zero-order valence-electron chi connectivity index (χ0n) is 20.0. The Bertz CT molecular complexity index is 1110. The molecule has 1 aromatic carbocycles. The van der Waals surface area contributed by atoms with Gasteiger partial charge in [0.05, 0.1) is 24.5 Å². The van der Waals surface area contributed by atoms with Crippen molar-refractivity contribution in [3.05, 3.63) is 71.2 Å². The number of aromatic nitrogens is 3. The van der Waals surface area contributed by atoms with Gasteiger partial charge in [-0.25, -0.2) is 15.0 Å². The standard InChI is InChI=1S/C25H30N6O2S.ClH/c1-18-14-19(2)16-21(15-18)29-23(32)22-4-3-6-26-24(22)34-17-20-5-7-27-25(30-20)28-8-9-31-10-12-33-13-11-31;/h3-7,14-16H,8-13,17H2,1-2H3,(H,29,32)(H,27,28,30);1H. The maximum Gasteiger partial charge on any atom is 0.258 e.